The van der Waals surface area contributed by atoms with Crippen LogP contribution in [0.2, 0.25) is 0 Å². The lowest BCUT2D eigenvalue weighted by atomic mass is 10.0. The Morgan fingerprint density at radius 3 is 2.82 bits per heavy atom. The first-order valence-electron chi connectivity index (χ1n) is 6.35. The van der Waals surface area contributed by atoms with E-state index < -0.39 is 0 Å². The molecule has 1 unspecified atom stereocenters. The normalized spacial score (nSPS) is 12.4. The quantitative estimate of drug-likeness (QED) is 0.539. The molecule has 0 aliphatic heterocycles. The third kappa shape index (κ3) is 4.71. The predicted octanol–water partition coefficient (Wildman–Crippen LogP) is 2.57. The van der Waals surface area contributed by atoms with Crippen molar-refractivity contribution >= 4 is 0 Å². The SMILES string of the molecule is CCCCC(NN)c1cncc(OCCC)c1. The van der Waals surface area contributed by atoms with E-state index in [-0.39, 0.29) is 6.04 Å². The van der Waals surface area contributed by atoms with E-state index in [4.69, 9.17) is 10.6 Å². The molecule has 1 aromatic heterocycles. The maximum atomic E-state index is 5.58. The molecule has 0 aliphatic rings. The smallest absolute Gasteiger partial charge is 0.137 e. The second kappa shape index (κ2) is 8.03. The fourth-order valence-electron chi connectivity index (χ4n) is 1.68. The van der Waals surface area contributed by atoms with Crippen molar-refractivity contribution in [2.24, 2.45) is 5.84 Å². The Hall–Kier alpha value is -1.13. The average Bonchev–Trinajstić information content (AvgIpc) is 2.38. The van der Waals surface area contributed by atoms with E-state index in [9.17, 15) is 0 Å². The molecule has 0 fully saturated rings. The van der Waals surface area contributed by atoms with Crippen LogP contribution in [0.4, 0.5) is 0 Å². The molecule has 0 radical (unpaired) electrons. The van der Waals surface area contributed by atoms with E-state index in [0.29, 0.717) is 0 Å². The predicted molar refractivity (Wildman–Crippen MR) is 69.6 cm³/mol. The van der Waals surface area contributed by atoms with Gasteiger partial charge < -0.3 is 4.74 Å². The minimum absolute atomic E-state index is 0.160. The minimum Gasteiger partial charge on any atom is -0.492 e. The van der Waals surface area contributed by atoms with E-state index in [2.05, 4.69) is 24.3 Å². The van der Waals surface area contributed by atoms with E-state index >= 15 is 0 Å². The van der Waals surface area contributed by atoms with Crippen LogP contribution in [-0.4, -0.2) is 11.6 Å². The third-order valence-corrected chi connectivity index (χ3v) is 2.66. The molecule has 3 N–H and O–H groups in total. The third-order valence-electron chi connectivity index (χ3n) is 2.66. The summed E-state index contributed by atoms with van der Waals surface area (Å²) in [5.41, 5.74) is 3.93. The van der Waals surface area contributed by atoms with Gasteiger partial charge >= 0.3 is 0 Å². The molecule has 1 atom stereocenters. The zero-order chi connectivity index (χ0) is 12.5. The summed E-state index contributed by atoms with van der Waals surface area (Å²) < 4.78 is 5.56. The summed E-state index contributed by atoms with van der Waals surface area (Å²) in [6.07, 6.45) is 7.92. The first-order chi connectivity index (χ1) is 8.31. The van der Waals surface area contributed by atoms with Crippen molar-refractivity contribution in [3.8, 4) is 5.75 Å². The van der Waals surface area contributed by atoms with Gasteiger partial charge in [0, 0.05) is 12.2 Å². The van der Waals surface area contributed by atoms with Crippen LogP contribution in [0, 0.1) is 0 Å². The number of unbranched alkanes of at least 4 members (excludes halogenated alkanes) is 1. The van der Waals surface area contributed by atoms with Crippen molar-refractivity contribution in [3.63, 3.8) is 0 Å². The highest BCUT2D eigenvalue weighted by Crippen LogP contribution is 2.21. The fraction of sp³-hybridized carbons (Fsp3) is 0.615. The Bertz CT molecular complexity index is 317. The molecule has 1 aromatic rings. The van der Waals surface area contributed by atoms with E-state index in [1.54, 1.807) is 6.20 Å². The molecule has 0 aliphatic carbocycles. The average molecular weight is 237 g/mol. The van der Waals surface area contributed by atoms with Gasteiger partial charge in [-0.2, -0.15) is 0 Å². The molecule has 0 spiro atoms. The van der Waals surface area contributed by atoms with Crippen LogP contribution < -0.4 is 16.0 Å². The Balaban J connectivity index is 2.66. The molecule has 0 aromatic carbocycles. The lowest BCUT2D eigenvalue weighted by Crippen LogP contribution is -2.28. The van der Waals surface area contributed by atoms with Crippen LogP contribution in [0.5, 0.6) is 5.75 Å². The van der Waals surface area contributed by atoms with Gasteiger partial charge in [-0.05, 0) is 24.5 Å². The summed E-state index contributed by atoms with van der Waals surface area (Å²) in [4.78, 5) is 4.19. The summed E-state index contributed by atoms with van der Waals surface area (Å²) in [6, 6.07) is 2.18. The topological polar surface area (TPSA) is 60.2 Å². The number of nitrogens with two attached hydrogens (primary N) is 1. The van der Waals surface area contributed by atoms with Crippen molar-refractivity contribution in [2.45, 2.75) is 45.6 Å². The van der Waals surface area contributed by atoms with Gasteiger partial charge in [-0.15, -0.1) is 0 Å². The van der Waals surface area contributed by atoms with Crippen molar-refractivity contribution in [1.82, 2.24) is 10.4 Å². The summed E-state index contributed by atoms with van der Waals surface area (Å²) in [6.45, 7) is 4.98. The van der Waals surface area contributed by atoms with Gasteiger partial charge in [0.1, 0.15) is 5.75 Å². The number of hydrogen-bond acceptors (Lipinski definition) is 4. The molecule has 0 bridgehead atoms. The summed E-state index contributed by atoms with van der Waals surface area (Å²) in [7, 11) is 0. The fourth-order valence-corrected chi connectivity index (χ4v) is 1.68. The Labute approximate surface area is 104 Å². The van der Waals surface area contributed by atoms with Crippen LogP contribution >= 0.6 is 0 Å². The van der Waals surface area contributed by atoms with Gasteiger partial charge in [0.05, 0.1) is 12.8 Å². The van der Waals surface area contributed by atoms with Gasteiger partial charge in [0.15, 0.2) is 0 Å². The van der Waals surface area contributed by atoms with Crippen LogP contribution in [0.1, 0.15) is 51.1 Å². The number of hydrazine groups is 1. The minimum atomic E-state index is 0.160. The van der Waals surface area contributed by atoms with E-state index in [1.165, 1.54) is 0 Å². The zero-order valence-electron chi connectivity index (χ0n) is 10.8. The van der Waals surface area contributed by atoms with Gasteiger partial charge in [0.2, 0.25) is 0 Å². The highest BCUT2D eigenvalue weighted by molar-refractivity contribution is 5.25. The maximum Gasteiger partial charge on any atom is 0.137 e. The van der Waals surface area contributed by atoms with Gasteiger partial charge in [-0.25, -0.2) is 0 Å². The molecule has 0 saturated heterocycles. The summed E-state index contributed by atoms with van der Waals surface area (Å²) >= 11 is 0. The number of nitrogens with zero attached hydrogens (tertiary/aromatic N) is 1. The van der Waals surface area contributed by atoms with Crippen LogP contribution in [0.3, 0.4) is 0 Å². The van der Waals surface area contributed by atoms with Crippen LogP contribution in [-0.2, 0) is 0 Å². The molecule has 4 heteroatoms. The number of aromatic nitrogens is 1. The lowest BCUT2D eigenvalue weighted by molar-refractivity contribution is 0.315. The largest absolute Gasteiger partial charge is 0.492 e. The number of rotatable bonds is 8. The van der Waals surface area contributed by atoms with Crippen LogP contribution in [0.25, 0.3) is 0 Å². The highest BCUT2D eigenvalue weighted by Gasteiger charge is 2.10. The molecular formula is C13H23N3O. The van der Waals surface area contributed by atoms with E-state index in [0.717, 1.165) is 43.6 Å². The van der Waals surface area contributed by atoms with Crippen molar-refractivity contribution in [2.75, 3.05) is 6.61 Å². The number of nitrogens with one attached hydrogen (secondary N) is 1. The van der Waals surface area contributed by atoms with Crippen molar-refractivity contribution in [1.29, 1.82) is 0 Å². The van der Waals surface area contributed by atoms with Gasteiger partial charge in [-0.3, -0.25) is 16.3 Å². The number of ether oxygens (including phenoxy) is 1. The molecule has 0 amide bonds. The second-order valence-electron chi connectivity index (χ2n) is 4.16. The van der Waals surface area contributed by atoms with Crippen molar-refractivity contribution < 1.29 is 4.74 Å². The Morgan fingerprint density at radius 2 is 2.18 bits per heavy atom. The molecule has 1 rings (SSSR count). The first kappa shape index (κ1) is 13.9. The molecule has 1 heterocycles. The molecule has 17 heavy (non-hydrogen) atoms. The summed E-state index contributed by atoms with van der Waals surface area (Å²) in [5.74, 6) is 6.40. The Morgan fingerprint density at radius 1 is 1.35 bits per heavy atom. The molecule has 4 nitrogen and oxygen atoms in total. The van der Waals surface area contributed by atoms with Crippen LogP contribution in [0.15, 0.2) is 18.5 Å². The number of hydrogen-bond donors (Lipinski definition) is 2. The zero-order valence-corrected chi connectivity index (χ0v) is 10.8. The number of pyridine rings is 1. The van der Waals surface area contributed by atoms with Gasteiger partial charge in [0.25, 0.3) is 0 Å². The lowest BCUT2D eigenvalue weighted by Gasteiger charge is -2.16. The monoisotopic (exact) mass is 237 g/mol. The highest BCUT2D eigenvalue weighted by atomic mass is 16.5. The van der Waals surface area contributed by atoms with E-state index in [1.807, 2.05) is 12.3 Å². The molecule has 0 saturated carbocycles. The maximum absolute atomic E-state index is 5.58. The second-order valence-corrected chi connectivity index (χ2v) is 4.16. The Kier molecular flexibility index (Phi) is 6.58. The van der Waals surface area contributed by atoms with Crippen molar-refractivity contribution in [3.05, 3.63) is 24.0 Å². The van der Waals surface area contributed by atoms with Gasteiger partial charge in [-0.1, -0.05) is 26.7 Å². The molecular weight excluding hydrogens is 214 g/mol. The standard InChI is InChI=1S/C13H23N3O/c1-3-5-6-13(16-14)11-8-12(10-15-9-11)17-7-4-2/h8-10,13,16H,3-7,14H2,1-2H3. The molecule has 96 valence electrons. The first-order valence-corrected chi connectivity index (χ1v) is 6.35. The summed E-state index contributed by atoms with van der Waals surface area (Å²) in [5, 5.41) is 0.